The monoisotopic (exact) mass is 302 g/mol. The molecule has 0 saturated carbocycles. The van der Waals surface area contributed by atoms with Gasteiger partial charge in [-0.15, -0.1) is 0 Å². The van der Waals surface area contributed by atoms with E-state index in [2.05, 4.69) is 5.32 Å². The van der Waals surface area contributed by atoms with Gasteiger partial charge in [-0.05, 0) is 38.1 Å². The van der Waals surface area contributed by atoms with Crippen LogP contribution in [0.5, 0.6) is 5.75 Å². The van der Waals surface area contributed by atoms with Crippen molar-refractivity contribution in [1.82, 2.24) is 9.62 Å². The van der Waals surface area contributed by atoms with Crippen molar-refractivity contribution in [3.63, 3.8) is 0 Å². The maximum atomic E-state index is 13.7. The number of ether oxygens (including phenoxy) is 1. The van der Waals surface area contributed by atoms with E-state index in [1.54, 1.807) is 0 Å². The molecule has 1 saturated heterocycles. The molecule has 1 fully saturated rings. The lowest BCUT2D eigenvalue weighted by Crippen LogP contribution is -2.46. The standard InChI is InChI=1S/C13H19FN2O3S/c1-15-10-4-3-7-16(9-10)20(17,18)11-5-6-13(19-2)12(14)8-11/h5-6,8,10,15H,3-4,7,9H2,1-2H3. The summed E-state index contributed by atoms with van der Waals surface area (Å²) in [5, 5.41) is 3.09. The minimum atomic E-state index is -3.65. The highest BCUT2D eigenvalue weighted by atomic mass is 32.2. The Morgan fingerprint density at radius 3 is 2.80 bits per heavy atom. The van der Waals surface area contributed by atoms with Gasteiger partial charge < -0.3 is 10.1 Å². The minimum Gasteiger partial charge on any atom is -0.494 e. The number of hydrogen-bond donors (Lipinski definition) is 1. The number of nitrogens with zero attached hydrogens (tertiary/aromatic N) is 1. The predicted molar refractivity (Wildman–Crippen MR) is 73.8 cm³/mol. The fourth-order valence-corrected chi connectivity index (χ4v) is 3.89. The van der Waals surface area contributed by atoms with Crippen molar-refractivity contribution in [2.75, 3.05) is 27.2 Å². The molecular formula is C13H19FN2O3S. The molecule has 20 heavy (non-hydrogen) atoms. The van der Waals surface area contributed by atoms with Gasteiger partial charge in [0.05, 0.1) is 12.0 Å². The van der Waals surface area contributed by atoms with Gasteiger partial charge >= 0.3 is 0 Å². The lowest BCUT2D eigenvalue weighted by Gasteiger charge is -2.31. The van der Waals surface area contributed by atoms with E-state index in [1.165, 1.54) is 23.5 Å². The molecule has 2 rings (SSSR count). The van der Waals surface area contributed by atoms with Gasteiger partial charge in [0.15, 0.2) is 11.6 Å². The SMILES string of the molecule is CNC1CCCN(S(=O)(=O)c2ccc(OC)c(F)c2)C1. The Bertz CT molecular complexity index is 577. The van der Waals surface area contributed by atoms with Crippen LogP contribution in [0.15, 0.2) is 23.1 Å². The molecule has 0 aliphatic carbocycles. The van der Waals surface area contributed by atoms with Gasteiger partial charge in [0.2, 0.25) is 10.0 Å². The Kier molecular flexibility index (Phi) is 4.62. The number of benzene rings is 1. The number of nitrogens with one attached hydrogen (secondary N) is 1. The van der Waals surface area contributed by atoms with Crippen LogP contribution >= 0.6 is 0 Å². The lowest BCUT2D eigenvalue weighted by atomic mass is 10.1. The summed E-state index contributed by atoms with van der Waals surface area (Å²) in [6.45, 7) is 0.876. The summed E-state index contributed by atoms with van der Waals surface area (Å²) < 4.78 is 44.9. The van der Waals surface area contributed by atoms with Crippen LogP contribution in [0.25, 0.3) is 0 Å². The van der Waals surface area contributed by atoms with E-state index in [0.717, 1.165) is 18.9 Å². The van der Waals surface area contributed by atoms with Crippen molar-refractivity contribution in [2.45, 2.75) is 23.8 Å². The summed E-state index contributed by atoms with van der Waals surface area (Å²) in [5.74, 6) is -0.633. The number of hydrogen-bond acceptors (Lipinski definition) is 4. The number of likely N-dealkylation sites (N-methyl/N-ethyl adjacent to an activating group) is 1. The van der Waals surface area contributed by atoms with Crippen LogP contribution in [0.2, 0.25) is 0 Å². The summed E-state index contributed by atoms with van der Waals surface area (Å²) in [5.41, 5.74) is 0. The molecule has 0 radical (unpaired) electrons. The summed E-state index contributed by atoms with van der Waals surface area (Å²) >= 11 is 0. The van der Waals surface area contributed by atoms with E-state index in [9.17, 15) is 12.8 Å². The predicted octanol–water partition coefficient (Wildman–Crippen LogP) is 1.21. The van der Waals surface area contributed by atoms with Crippen LogP contribution in [-0.4, -0.2) is 46.0 Å². The Balaban J connectivity index is 2.28. The first-order valence-corrected chi connectivity index (χ1v) is 7.94. The second-order valence-electron chi connectivity index (χ2n) is 4.79. The number of sulfonamides is 1. The van der Waals surface area contributed by atoms with Crippen LogP contribution in [0.4, 0.5) is 4.39 Å². The first-order chi connectivity index (χ1) is 9.48. The van der Waals surface area contributed by atoms with Gasteiger partial charge in [-0.2, -0.15) is 4.31 Å². The number of methoxy groups -OCH3 is 1. The van der Waals surface area contributed by atoms with Crippen LogP contribution in [0, 0.1) is 5.82 Å². The third-order valence-corrected chi connectivity index (χ3v) is 5.41. The number of piperidine rings is 1. The molecular weight excluding hydrogens is 283 g/mol. The van der Waals surface area contributed by atoms with Gasteiger partial charge in [0.1, 0.15) is 0 Å². The summed E-state index contributed by atoms with van der Waals surface area (Å²) in [7, 11) is -0.499. The first-order valence-electron chi connectivity index (χ1n) is 6.50. The summed E-state index contributed by atoms with van der Waals surface area (Å²) in [6, 6.07) is 3.86. The highest BCUT2D eigenvalue weighted by Gasteiger charge is 2.30. The molecule has 1 aliphatic rings. The summed E-state index contributed by atoms with van der Waals surface area (Å²) in [6.07, 6.45) is 1.74. The quantitative estimate of drug-likeness (QED) is 0.908. The first kappa shape index (κ1) is 15.2. The van der Waals surface area contributed by atoms with Crippen molar-refractivity contribution in [1.29, 1.82) is 0 Å². The van der Waals surface area contributed by atoms with Crippen LogP contribution < -0.4 is 10.1 Å². The number of halogens is 1. The fourth-order valence-electron chi connectivity index (χ4n) is 2.35. The van der Waals surface area contributed by atoms with Crippen LogP contribution in [-0.2, 0) is 10.0 Å². The molecule has 1 aromatic rings. The molecule has 0 amide bonds. The molecule has 1 heterocycles. The Morgan fingerprint density at radius 1 is 1.45 bits per heavy atom. The van der Waals surface area contributed by atoms with Crippen molar-refractivity contribution in [3.8, 4) is 5.75 Å². The zero-order chi connectivity index (χ0) is 14.8. The molecule has 1 unspecified atom stereocenters. The molecule has 112 valence electrons. The third-order valence-electron chi connectivity index (χ3n) is 3.55. The van der Waals surface area contributed by atoms with Gasteiger partial charge in [-0.1, -0.05) is 0 Å². The third kappa shape index (κ3) is 2.94. The van der Waals surface area contributed by atoms with Crippen molar-refractivity contribution in [2.24, 2.45) is 0 Å². The zero-order valence-corrected chi connectivity index (χ0v) is 12.4. The van der Waals surface area contributed by atoms with Gasteiger partial charge in [-0.25, -0.2) is 12.8 Å². The summed E-state index contributed by atoms with van der Waals surface area (Å²) in [4.78, 5) is -0.0347. The Morgan fingerprint density at radius 2 is 2.20 bits per heavy atom. The zero-order valence-electron chi connectivity index (χ0n) is 11.6. The Hall–Kier alpha value is -1.18. The van der Waals surface area contributed by atoms with Crippen molar-refractivity contribution >= 4 is 10.0 Å². The van der Waals surface area contributed by atoms with Gasteiger partial charge in [0, 0.05) is 19.1 Å². The molecule has 0 bridgehead atoms. The van der Waals surface area contributed by atoms with Crippen molar-refractivity contribution in [3.05, 3.63) is 24.0 Å². The minimum absolute atomic E-state index is 0.0347. The topological polar surface area (TPSA) is 58.6 Å². The van der Waals surface area contributed by atoms with Crippen LogP contribution in [0.1, 0.15) is 12.8 Å². The molecule has 5 nitrogen and oxygen atoms in total. The van der Waals surface area contributed by atoms with E-state index < -0.39 is 15.8 Å². The molecule has 1 N–H and O–H groups in total. The second kappa shape index (κ2) is 6.07. The van der Waals surface area contributed by atoms with E-state index >= 15 is 0 Å². The van der Waals surface area contributed by atoms with E-state index in [1.807, 2.05) is 7.05 Å². The van der Waals surface area contributed by atoms with E-state index in [-0.39, 0.29) is 16.7 Å². The van der Waals surface area contributed by atoms with E-state index in [0.29, 0.717) is 13.1 Å². The van der Waals surface area contributed by atoms with E-state index in [4.69, 9.17) is 4.74 Å². The molecule has 0 spiro atoms. The fraction of sp³-hybridized carbons (Fsp3) is 0.538. The molecule has 7 heteroatoms. The molecule has 1 aliphatic heterocycles. The molecule has 0 aromatic heterocycles. The number of rotatable bonds is 4. The van der Waals surface area contributed by atoms with Gasteiger partial charge in [-0.3, -0.25) is 0 Å². The average Bonchev–Trinajstić information content (AvgIpc) is 2.47. The normalized spacial score (nSPS) is 20.9. The smallest absolute Gasteiger partial charge is 0.243 e. The second-order valence-corrected chi connectivity index (χ2v) is 6.73. The highest BCUT2D eigenvalue weighted by Crippen LogP contribution is 2.25. The largest absolute Gasteiger partial charge is 0.494 e. The van der Waals surface area contributed by atoms with Crippen molar-refractivity contribution < 1.29 is 17.5 Å². The maximum Gasteiger partial charge on any atom is 0.243 e. The Labute approximate surface area is 118 Å². The van der Waals surface area contributed by atoms with Crippen LogP contribution in [0.3, 0.4) is 0 Å². The molecule has 1 aromatic carbocycles. The highest BCUT2D eigenvalue weighted by molar-refractivity contribution is 7.89. The van der Waals surface area contributed by atoms with Gasteiger partial charge in [0.25, 0.3) is 0 Å². The molecule has 1 atom stereocenters. The maximum absolute atomic E-state index is 13.7. The average molecular weight is 302 g/mol. The lowest BCUT2D eigenvalue weighted by molar-refractivity contribution is 0.292.